The van der Waals surface area contributed by atoms with E-state index < -0.39 is 21.8 Å². The zero-order valence-corrected chi connectivity index (χ0v) is 12.9. The molecule has 0 saturated carbocycles. The van der Waals surface area contributed by atoms with Gasteiger partial charge in [0.1, 0.15) is 0 Å². The highest BCUT2D eigenvalue weighted by Gasteiger charge is 2.27. The van der Waals surface area contributed by atoms with Crippen LogP contribution in [0.25, 0.3) is 0 Å². The van der Waals surface area contributed by atoms with Crippen LogP contribution in [0, 0.1) is 11.6 Å². The summed E-state index contributed by atoms with van der Waals surface area (Å²) in [7, 11) is -0.451. The Labute approximate surface area is 123 Å². The van der Waals surface area contributed by atoms with E-state index in [9.17, 15) is 17.2 Å². The Morgan fingerprint density at radius 1 is 1.05 bits per heavy atom. The summed E-state index contributed by atoms with van der Waals surface area (Å²) in [6.45, 7) is 1.78. The molecule has 1 aliphatic rings. The van der Waals surface area contributed by atoms with E-state index in [1.165, 1.54) is 28.8 Å². The molecule has 0 spiro atoms. The number of halogens is 2. The molecule has 0 aromatic heterocycles. The fraction of sp³-hybridized carbons (Fsp3) is 0.538. The van der Waals surface area contributed by atoms with Gasteiger partial charge in [0.05, 0.1) is 0 Å². The molecule has 0 amide bonds. The molecule has 0 radical (unpaired) electrons. The van der Waals surface area contributed by atoms with Crippen LogP contribution in [0.2, 0.25) is 0 Å². The summed E-state index contributed by atoms with van der Waals surface area (Å²) in [5, 5.41) is 0. The van der Waals surface area contributed by atoms with Crippen molar-refractivity contribution in [1.82, 2.24) is 8.61 Å². The molecule has 1 aromatic rings. The third-order valence-corrected chi connectivity index (χ3v) is 5.45. The molecule has 21 heavy (non-hydrogen) atoms. The molecule has 1 fully saturated rings. The first-order valence-corrected chi connectivity index (χ1v) is 8.09. The van der Waals surface area contributed by atoms with Crippen LogP contribution in [0.5, 0.6) is 0 Å². The van der Waals surface area contributed by atoms with E-state index in [1.54, 1.807) is 0 Å². The van der Waals surface area contributed by atoms with Gasteiger partial charge >= 0.3 is 0 Å². The second-order valence-electron chi connectivity index (χ2n) is 5.13. The van der Waals surface area contributed by atoms with Crippen molar-refractivity contribution in [1.29, 1.82) is 0 Å². The standard InChI is InChI=1S/C13H19F2N3O2S/c1-16(2)21(19,20)18-7-3-6-17(8-9-18)11-4-5-12(14)13(15)10-11/h4-5,10H,3,6-9H2,1-2H3. The second kappa shape index (κ2) is 6.25. The van der Waals surface area contributed by atoms with Gasteiger partial charge in [-0.3, -0.25) is 0 Å². The molecule has 0 N–H and O–H groups in total. The summed E-state index contributed by atoms with van der Waals surface area (Å²) in [5.41, 5.74) is 0.568. The van der Waals surface area contributed by atoms with Gasteiger partial charge in [-0.2, -0.15) is 17.0 Å². The topological polar surface area (TPSA) is 43.9 Å². The second-order valence-corrected chi connectivity index (χ2v) is 7.27. The highest BCUT2D eigenvalue weighted by atomic mass is 32.2. The van der Waals surface area contributed by atoms with E-state index in [4.69, 9.17) is 0 Å². The van der Waals surface area contributed by atoms with Gasteiger partial charge in [0.2, 0.25) is 0 Å². The van der Waals surface area contributed by atoms with Crippen LogP contribution in [-0.4, -0.2) is 57.3 Å². The van der Waals surface area contributed by atoms with Crippen molar-refractivity contribution in [2.45, 2.75) is 6.42 Å². The summed E-state index contributed by atoms with van der Waals surface area (Å²) >= 11 is 0. The van der Waals surface area contributed by atoms with Gasteiger partial charge in [0.25, 0.3) is 10.2 Å². The first kappa shape index (κ1) is 16.1. The third kappa shape index (κ3) is 3.50. The zero-order chi connectivity index (χ0) is 15.6. The Bertz CT molecular complexity index is 607. The Morgan fingerprint density at radius 2 is 1.76 bits per heavy atom. The van der Waals surface area contributed by atoms with Gasteiger partial charge in [-0.1, -0.05) is 0 Å². The Balaban J connectivity index is 2.12. The van der Waals surface area contributed by atoms with Crippen LogP contribution < -0.4 is 4.90 Å². The number of hydrogen-bond acceptors (Lipinski definition) is 3. The van der Waals surface area contributed by atoms with E-state index in [2.05, 4.69) is 0 Å². The van der Waals surface area contributed by atoms with Gasteiger partial charge in [-0.25, -0.2) is 8.78 Å². The number of nitrogens with zero attached hydrogens (tertiary/aromatic N) is 3. The lowest BCUT2D eigenvalue weighted by atomic mass is 10.2. The molecule has 8 heteroatoms. The average Bonchev–Trinajstić information content (AvgIpc) is 2.68. The van der Waals surface area contributed by atoms with Gasteiger partial charge in [-0.05, 0) is 18.6 Å². The minimum atomic E-state index is -3.44. The van der Waals surface area contributed by atoms with Crippen molar-refractivity contribution >= 4 is 15.9 Å². The first-order valence-electron chi connectivity index (χ1n) is 6.70. The van der Waals surface area contributed by atoms with Gasteiger partial charge < -0.3 is 4.90 Å². The number of hydrogen-bond donors (Lipinski definition) is 0. The van der Waals surface area contributed by atoms with Crippen molar-refractivity contribution in [2.75, 3.05) is 45.2 Å². The lowest BCUT2D eigenvalue weighted by Crippen LogP contribution is -2.42. The van der Waals surface area contributed by atoms with Crippen molar-refractivity contribution in [3.8, 4) is 0 Å². The monoisotopic (exact) mass is 319 g/mol. The summed E-state index contributed by atoms with van der Waals surface area (Å²) < 4.78 is 53.1. The molecule has 1 saturated heterocycles. The fourth-order valence-corrected chi connectivity index (χ4v) is 3.43. The normalized spacial score (nSPS) is 18.0. The summed E-state index contributed by atoms with van der Waals surface area (Å²) in [6.07, 6.45) is 0.631. The van der Waals surface area contributed by atoms with Gasteiger partial charge in [0, 0.05) is 52.0 Å². The highest BCUT2D eigenvalue weighted by Crippen LogP contribution is 2.20. The minimum absolute atomic E-state index is 0.319. The Hall–Kier alpha value is -1.25. The Morgan fingerprint density at radius 3 is 2.38 bits per heavy atom. The molecule has 1 aromatic carbocycles. The molecule has 5 nitrogen and oxygen atoms in total. The number of benzene rings is 1. The lowest BCUT2D eigenvalue weighted by Gasteiger charge is -2.25. The maximum absolute atomic E-state index is 13.3. The molecule has 2 rings (SSSR count). The molecule has 0 aliphatic carbocycles. The molecule has 0 bridgehead atoms. The van der Waals surface area contributed by atoms with E-state index in [0.29, 0.717) is 38.3 Å². The van der Waals surface area contributed by atoms with Crippen molar-refractivity contribution in [3.63, 3.8) is 0 Å². The molecular formula is C13H19F2N3O2S. The van der Waals surface area contributed by atoms with E-state index in [0.717, 1.165) is 12.1 Å². The molecule has 0 atom stereocenters. The summed E-state index contributed by atoms with van der Waals surface area (Å²) in [4.78, 5) is 1.87. The predicted molar refractivity (Wildman–Crippen MR) is 77.4 cm³/mol. The highest BCUT2D eigenvalue weighted by molar-refractivity contribution is 7.86. The smallest absolute Gasteiger partial charge is 0.281 e. The van der Waals surface area contributed by atoms with Crippen LogP contribution in [0.1, 0.15) is 6.42 Å². The van der Waals surface area contributed by atoms with Crippen LogP contribution in [0.15, 0.2) is 18.2 Å². The van der Waals surface area contributed by atoms with Crippen LogP contribution in [-0.2, 0) is 10.2 Å². The molecule has 1 heterocycles. The molecule has 1 aliphatic heterocycles. The van der Waals surface area contributed by atoms with Crippen LogP contribution in [0.4, 0.5) is 14.5 Å². The third-order valence-electron chi connectivity index (χ3n) is 3.51. The van der Waals surface area contributed by atoms with Gasteiger partial charge in [-0.15, -0.1) is 0 Å². The van der Waals surface area contributed by atoms with E-state index >= 15 is 0 Å². The van der Waals surface area contributed by atoms with Gasteiger partial charge in [0.15, 0.2) is 11.6 Å². The first-order chi connectivity index (χ1) is 9.82. The maximum atomic E-state index is 13.3. The predicted octanol–water partition coefficient (Wildman–Crippen LogP) is 1.28. The lowest BCUT2D eigenvalue weighted by molar-refractivity contribution is 0.391. The summed E-state index contributed by atoms with van der Waals surface area (Å²) in [5.74, 6) is -1.78. The average molecular weight is 319 g/mol. The van der Waals surface area contributed by atoms with Crippen molar-refractivity contribution in [2.24, 2.45) is 0 Å². The number of anilines is 1. The number of rotatable bonds is 3. The fourth-order valence-electron chi connectivity index (χ4n) is 2.30. The zero-order valence-electron chi connectivity index (χ0n) is 12.1. The quantitative estimate of drug-likeness (QED) is 0.843. The molecule has 0 unspecified atom stereocenters. The van der Waals surface area contributed by atoms with Crippen molar-refractivity contribution < 1.29 is 17.2 Å². The van der Waals surface area contributed by atoms with Crippen LogP contribution >= 0.6 is 0 Å². The van der Waals surface area contributed by atoms with E-state index in [-0.39, 0.29) is 0 Å². The van der Waals surface area contributed by atoms with E-state index in [1.807, 2.05) is 4.90 Å². The van der Waals surface area contributed by atoms with Crippen LogP contribution in [0.3, 0.4) is 0 Å². The molecule has 118 valence electrons. The minimum Gasteiger partial charge on any atom is -0.370 e. The largest absolute Gasteiger partial charge is 0.370 e. The maximum Gasteiger partial charge on any atom is 0.281 e. The molecular weight excluding hydrogens is 300 g/mol. The Kier molecular flexibility index (Phi) is 4.80. The summed E-state index contributed by atoms with van der Waals surface area (Å²) in [6, 6.07) is 3.74. The SMILES string of the molecule is CN(C)S(=O)(=O)N1CCCN(c2ccc(F)c(F)c2)CC1. The van der Waals surface area contributed by atoms with Crippen molar-refractivity contribution in [3.05, 3.63) is 29.8 Å².